The summed E-state index contributed by atoms with van der Waals surface area (Å²) in [4.78, 5) is 11.3. The Bertz CT molecular complexity index is 760. The van der Waals surface area contributed by atoms with Crippen molar-refractivity contribution in [2.24, 2.45) is 7.05 Å². The molecule has 0 fully saturated rings. The molecule has 0 aliphatic rings. The first-order valence-electron chi connectivity index (χ1n) is 6.84. The first-order valence-corrected chi connectivity index (χ1v) is 7.65. The predicted molar refractivity (Wildman–Crippen MR) is 87.1 cm³/mol. The van der Waals surface area contributed by atoms with Gasteiger partial charge in [-0.25, -0.2) is 4.98 Å². The molecule has 21 heavy (non-hydrogen) atoms. The lowest BCUT2D eigenvalue weighted by atomic mass is 10.3. The van der Waals surface area contributed by atoms with Crippen LogP contribution in [0.15, 0.2) is 18.3 Å². The maximum Gasteiger partial charge on any atom is 0.225 e. The molecule has 2 N–H and O–H groups in total. The highest BCUT2D eigenvalue weighted by atomic mass is 32.1. The number of hydrogen-bond donors (Lipinski definition) is 2. The average molecular weight is 302 g/mol. The van der Waals surface area contributed by atoms with E-state index in [9.17, 15) is 0 Å². The highest BCUT2D eigenvalue weighted by Crippen LogP contribution is 2.29. The second-order valence-electron chi connectivity index (χ2n) is 4.84. The molecular weight excluding hydrogens is 284 g/mol. The molecule has 110 valence electrons. The van der Waals surface area contributed by atoms with Crippen molar-refractivity contribution in [2.75, 3.05) is 24.2 Å². The maximum atomic E-state index is 4.52. The molecule has 0 radical (unpaired) electrons. The Morgan fingerprint density at radius 1 is 1.33 bits per heavy atom. The van der Waals surface area contributed by atoms with Crippen molar-refractivity contribution < 1.29 is 0 Å². The maximum absolute atomic E-state index is 4.52. The van der Waals surface area contributed by atoms with Crippen LogP contribution >= 0.6 is 11.3 Å². The van der Waals surface area contributed by atoms with Crippen molar-refractivity contribution in [3.8, 4) is 0 Å². The summed E-state index contributed by atoms with van der Waals surface area (Å²) in [5.41, 5.74) is 1.20. The molecule has 0 amide bonds. The van der Waals surface area contributed by atoms with E-state index in [1.165, 1.54) is 10.6 Å². The lowest BCUT2D eigenvalue weighted by Crippen LogP contribution is -2.10. The molecule has 0 spiro atoms. The first kappa shape index (κ1) is 13.8. The summed E-state index contributed by atoms with van der Waals surface area (Å²) in [5, 5.41) is 11.7. The zero-order chi connectivity index (χ0) is 14.8. The molecule has 0 unspecified atom stereocenters. The van der Waals surface area contributed by atoms with Crippen LogP contribution in [0.25, 0.3) is 10.2 Å². The zero-order valence-electron chi connectivity index (χ0n) is 12.3. The minimum absolute atomic E-state index is 0.646. The molecule has 0 atom stereocenters. The van der Waals surface area contributed by atoms with Gasteiger partial charge in [-0.15, -0.1) is 11.3 Å². The number of aryl methyl sites for hydroxylation is 2. The van der Waals surface area contributed by atoms with Gasteiger partial charge in [-0.3, -0.25) is 4.68 Å². The molecule has 0 bridgehead atoms. The van der Waals surface area contributed by atoms with Crippen LogP contribution < -0.4 is 10.6 Å². The van der Waals surface area contributed by atoms with Gasteiger partial charge in [-0.05, 0) is 19.1 Å². The fourth-order valence-electron chi connectivity index (χ4n) is 2.24. The molecule has 7 heteroatoms. The monoisotopic (exact) mass is 302 g/mol. The number of aromatic nitrogens is 4. The zero-order valence-corrected chi connectivity index (χ0v) is 13.2. The smallest absolute Gasteiger partial charge is 0.225 e. The number of rotatable bonds is 5. The van der Waals surface area contributed by atoms with E-state index in [-0.39, 0.29) is 0 Å². The van der Waals surface area contributed by atoms with Crippen molar-refractivity contribution in [1.29, 1.82) is 0 Å². The fraction of sp³-hybridized carbons (Fsp3) is 0.357. The average Bonchev–Trinajstić information content (AvgIpc) is 3.04. The number of nitrogens with zero attached hydrogens (tertiary/aromatic N) is 4. The van der Waals surface area contributed by atoms with Gasteiger partial charge < -0.3 is 10.6 Å². The van der Waals surface area contributed by atoms with Gasteiger partial charge in [0.15, 0.2) is 0 Å². The van der Waals surface area contributed by atoms with Crippen LogP contribution in [-0.4, -0.2) is 33.3 Å². The summed E-state index contributed by atoms with van der Waals surface area (Å²) in [6, 6.07) is 4.16. The molecule has 3 aromatic heterocycles. The van der Waals surface area contributed by atoms with Gasteiger partial charge in [0.05, 0.1) is 5.39 Å². The van der Waals surface area contributed by atoms with Gasteiger partial charge >= 0.3 is 0 Å². The van der Waals surface area contributed by atoms with Crippen molar-refractivity contribution in [3.05, 3.63) is 28.9 Å². The fourth-order valence-corrected chi connectivity index (χ4v) is 3.12. The van der Waals surface area contributed by atoms with Crippen molar-refractivity contribution in [3.63, 3.8) is 0 Å². The first-order chi connectivity index (χ1) is 10.2. The normalized spacial score (nSPS) is 11.0. The topological polar surface area (TPSA) is 67.7 Å². The van der Waals surface area contributed by atoms with E-state index in [4.69, 9.17) is 0 Å². The predicted octanol–water partition coefficient (Wildman–Crippen LogP) is 2.43. The standard InChI is InChI=1S/C14H18N6S/c1-9-8-11-12(18-14(15-2)19-13(11)21-9)16-6-4-10-5-7-17-20(10)3/h5,7-8H,4,6H2,1-3H3,(H2,15,16,18,19). The quantitative estimate of drug-likeness (QED) is 0.757. The van der Waals surface area contributed by atoms with Crippen LogP contribution in [0.3, 0.4) is 0 Å². The molecule has 0 saturated carbocycles. The second-order valence-corrected chi connectivity index (χ2v) is 6.08. The minimum atomic E-state index is 0.646. The Morgan fingerprint density at radius 2 is 2.19 bits per heavy atom. The van der Waals surface area contributed by atoms with E-state index in [1.54, 1.807) is 11.3 Å². The van der Waals surface area contributed by atoms with Gasteiger partial charge in [0.2, 0.25) is 5.95 Å². The Balaban J connectivity index is 1.80. The van der Waals surface area contributed by atoms with Crippen molar-refractivity contribution in [1.82, 2.24) is 19.7 Å². The van der Waals surface area contributed by atoms with Crippen LogP contribution in [-0.2, 0) is 13.5 Å². The van der Waals surface area contributed by atoms with Crippen LogP contribution in [0.2, 0.25) is 0 Å². The van der Waals surface area contributed by atoms with Gasteiger partial charge in [0.25, 0.3) is 0 Å². The SMILES string of the molecule is CNc1nc(NCCc2ccnn2C)c2cc(C)sc2n1. The number of nitrogens with one attached hydrogen (secondary N) is 2. The number of thiophene rings is 1. The largest absolute Gasteiger partial charge is 0.369 e. The summed E-state index contributed by atoms with van der Waals surface area (Å²) in [6.07, 6.45) is 2.72. The third-order valence-corrected chi connectivity index (χ3v) is 4.28. The van der Waals surface area contributed by atoms with E-state index >= 15 is 0 Å². The summed E-state index contributed by atoms with van der Waals surface area (Å²) in [7, 11) is 3.79. The highest BCUT2D eigenvalue weighted by molar-refractivity contribution is 7.18. The van der Waals surface area contributed by atoms with E-state index in [0.29, 0.717) is 5.95 Å². The van der Waals surface area contributed by atoms with E-state index in [0.717, 1.165) is 29.0 Å². The Morgan fingerprint density at radius 3 is 2.90 bits per heavy atom. The second kappa shape index (κ2) is 5.69. The van der Waals surface area contributed by atoms with Crippen molar-refractivity contribution in [2.45, 2.75) is 13.3 Å². The Kier molecular flexibility index (Phi) is 3.74. The number of fused-ring (bicyclic) bond motifs is 1. The molecular formula is C14H18N6S. The van der Waals surface area contributed by atoms with E-state index in [2.05, 4.69) is 38.7 Å². The lowest BCUT2D eigenvalue weighted by molar-refractivity contribution is 0.711. The molecule has 0 aromatic carbocycles. The molecule has 6 nitrogen and oxygen atoms in total. The van der Waals surface area contributed by atoms with Crippen molar-refractivity contribution >= 4 is 33.3 Å². The van der Waals surface area contributed by atoms with Gasteiger partial charge in [0.1, 0.15) is 10.6 Å². The summed E-state index contributed by atoms with van der Waals surface area (Å²) >= 11 is 1.68. The molecule has 3 rings (SSSR count). The van der Waals surface area contributed by atoms with Gasteiger partial charge in [-0.2, -0.15) is 10.1 Å². The molecule has 3 heterocycles. The molecule has 3 aromatic rings. The van der Waals surface area contributed by atoms with E-state index < -0.39 is 0 Å². The minimum Gasteiger partial charge on any atom is -0.369 e. The van der Waals surface area contributed by atoms with Gasteiger partial charge in [0, 0.05) is 43.8 Å². The number of anilines is 2. The van der Waals surface area contributed by atoms with Crippen LogP contribution in [0.1, 0.15) is 10.6 Å². The number of hydrogen-bond acceptors (Lipinski definition) is 6. The molecule has 0 aliphatic heterocycles. The highest BCUT2D eigenvalue weighted by Gasteiger charge is 2.10. The third kappa shape index (κ3) is 2.82. The van der Waals surface area contributed by atoms with Crippen LogP contribution in [0.5, 0.6) is 0 Å². The summed E-state index contributed by atoms with van der Waals surface area (Å²) < 4.78 is 1.89. The van der Waals surface area contributed by atoms with Crippen LogP contribution in [0.4, 0.5) is 11.8 Å². The van der Waals surface area contributed by atoms with E-state index in [1.807, 2.05) is 31.0 Å². The van der Waals surface area contributed by atoms with Crippen LogP contribution in [0, 0.1) is 6.92 Å². The summed E-state index contributed by atoms with van der Waals surface area (Å²) in [6.45, 7) is 2.90. The third-order valence-electron chi connectivity index (χ3n) is 3.34. The van der Waals surface area contributed by atoms with Gasteiger partial charge in [-0.1, -0.05) is 0 Å². The molecule has 0 saturated heterocycles. The Hall–Kier alpha value is -2.15. The molecule has 0 aliphatic carbocycles. The lowest BCUT2D eigenvalue weighted by Gasteiger charge is -2.08. The Labute approximate surface area is 127 Å². The summed E-state index contributed by atoms with van der Waals surface area (Å²) in [5.74, 6) is 1.53.